The van der Waals surface area contributed by atoms with E-state index in [0.29, 0.717) is 36.4 Å². The molecular formula is C24H32N2O7. The van der Waals surface area contributed by atoms with Gasteiger partial charge in [-0.15, -0.1) is 0 Å². The largest absolute Gasteiger partial charge is 0.462 e. The first-order chi connectivity index (χ1) is 15.8. The van der Waals surface area contributed by atoms with Crippen LogP contribution in [-0.2, 0) is 23.8 Å². The first-order valence-corrected chi connectivity index (χ1v) is 11.1. The van der Waals surface area contributed by atoms with Gasteiger partial charge in [-0.2, -0.15) is 0 Å². The van der Waals surface area contributed by atoms with Gasteiger partial charge in [0.25, 0.3) is 5.69 Å². The maximum atomic E-state index is 13.2. The number of ether oxygens (including phenoxy) is 3. The molecule has 1 aromatic rings. The summed E-state index contributed by atoms with van der Waals surface area (Å²) in [6, 6.07) is 5.94. The van der Waals surface area contributed by atoms with E-state index in [1.165, 1.54) is 18.2 Å². The van der Waals surface area contributed by atoms with Gasteiger partial charge in [0.1, 0.15) is 6.73 Å². The summed E-state index contributed by atoms with van der Waals surface area (Å²) in [4.78, 5) is 39.1. The van der Waals surface area contributed by atoms with Crippen LogP contribution in [0.25, 0.3) is 0 Å². The van der Waals surface area contributed by atoms with Crippen LogP contribution in [-0.4, -0.2) is 48.3 Å². The van der Waals surface area contributed by atoms with Crippen LogP contribution in [0.1, 0.15) is 58.9 Å². The average molecular weight is 461 g/mol. The van der Waals surface area contributed by atoms with Gasteiger partial charge in [0.05, 0.1) is 35.2 Å². The Morgan fingerprint density at radius 3 is 2.00 bits per heavy atom. The predicted octanol–water partition coefficient (Wildman–Crippen LogP) is 4.44. The number of carbonyl (C=O) groups is 2. The second-order valence-electron chi connectivity index (χ2n) is 7.61. The predicted molar refractivity (Wildman–Crippen MR) is 122 cm³/mol. The second-order valence-corrected chi connectivity index (χ2v) is 7.61. The Morgan fingerprint density at radius 2 is 1.55 bits per heavy atom. The SMILES string of the molecule is CCCOC(=O)C1=C(C)N(COCC)C(C)=C(C(=O)OCCC)C1c1cccc([N+](=O)[O-])c1. The summed E-state index contributed by atoms with van der Waals surface area (Å²) < 4.78 is 16.5. The molecule has 9 nitrogen and oxygen atoms in total. The van der Waals surface area contributed by atoms with Gasteiger partial charge in [-0.1, -0.05) is 26.0 Å². The van der Waals surface area contributed by atoms with Crippen LogP contribution in [0.15, 0.2) is 46.8 Å². The molecule has 0 spiro atoms. The summed E-state index contributed by atoms with van der Waals surface area (Å²) >= 11 is 0. The number of rotatable bonds is 11. The number of allylic oxidation sites excluding steroid dienone is 2. The van der Waals surface area contributed by atoms with Crippen molar-refractivity contribution in [3.63, 3.8) is 0 Å². The molecule has 0 unspecified atom stereocenters. The summed E-state index contributed by atoms with van der Waals surface area (Å²) in [5, 5.41) is 11.4. The van der Waals surface area contributed by atoms with Gasteiger partial charge >= 0.3 is 11.9 Å². The summed E-state index contributed by atoms with van der Waals surface area (Å²) in [6.07, 6.45) is 1.25. The van der Waals surface area contributed by atoms with Crippen LogP contribution in [0.4, 0.5) is 5.69 Å². The van der Waals surface area contributed by atoms with E-state index in [1.807, 2.05) is 20.8 Å². The Balaban J connectivity index is 2.75. The van der Waals surface area contributed by atoms with Crippen molar-refractivity contribution in [3.8, 4) is 0 Å². The van der Waals surface area contributed by atoms with Crippen molar-refractivity contribution >= 4 is 17.6 Å². The fourth-order valence-electron chi connectivity index (χ4n) is 3.71. The molecule has 0 radical (unpaired) electrons. The highest BCUT2D eigenvalue weighted by Crippen LogP contribution is 2.43. The lowest BCUT2D eigenvalue weighted by Crippen LogP contribution is -2.36. The maximum Gasteiger partial charge on any atom is 0.336 e. The molecule has 33 heavy (non-hydrogen) atoms. The number of nitro benzene ring substituents is 1. The van der Waals surface area contributed by atoms with E-state index in [4.69, 9.17) is 14.2 Å². The molecule has 0 aromatic heterocycles. The average Bonchev–Trinajstić information content (AvgIpc) is 2.80. The van der Waals surface area contributed by atoms with Crippen LogP contribution in [0.2, 0.25) is 0 Å². The van der Waals surface area contributed by atoms with Crippen LogP contribution in [0, 0.1) is 10.1 Å². The first-order valence-electron chi connectivity index (χ1n) is 11.1. The van der Waals surface area contributed by atoms with Gasteiger partial charge in [0.15, 0.2) is 0 Å². The zero-order chi connectivity index (χ0) is 24.5. The Kier molecular flexibility index (Phi) is 9.59. The third-order valence-electron chi connectivity index (χ3n) is 5.32. The quantitative estimate of drug-likeness (QED) is 0.271. The highest BCUT2D eigenvalue weighted by Gasteiger charge is 2.41. The number of non-ortho nitro benzene ring substituents is 1. The van der Waals surface area contributed by atoms with E-state index in [2.05, 4.69) is 0 Å². The molecule has 180 valence electrons. The topological polar surface area (TPSA) is 108 Å². The van der Waals surface area contributed by atoms with Gasteiger partial charge in [-0.05, 0) is 39.2 Å². The van der Waals surface area contributed by atoms with Crippen molar-refractivity contribution in [2.75, 3.05) is 26.6 Å². The Hall–Kier alpha value is -3.20. The van der Waals surface area contributed by atoms with Gasteiger partial charge < -0.3 is 19.1 Å². The smallest absolute Gasteiger partial charge is 0.336 e. The minimum Gasteiger partial charge on any atom is -0.462 e. The second kappa shape index (κ2) is 12.2. The van der Waals surface area contributed by atoms with Crippen molar-refractivity contribution in [3.05, 3.63) is 62.5 Å². The molecule has 0 atom stereocenters. The highest BCUT2D eigenvalue weighted by molar-refractivity contribution is 6.00. The van der Waals surface area contributed by atoms with E-state index in [1.54, 1.807) is 24.8 Å². The van der Waals surface area contributed by atoms with Crippen LogP contribution in [0.3, 0.4) is 0 Å². The van der Waals surface area contributed by atoms with Crippen molar-refractivity contribution < 1.29 is 28.7 Å². The fourth-order valence-corrected chi connectivity index (χ4v) is 3.71. The van der Waals surface area contributed by atoms with E-state index in [-0.39, 0.29) is 36.8 Å². The van der Waals surface area contributed by atoms with E-state index in [0.717, 1.165) is 0 Å². The van der Waals surface area contributed by atoms with Crippen molar-refractivity contribution in [1.29, 1.82) is 0 Å². The van der Waals surface area contributed by atoms with Crippen molar-refractivity contribution in [2.45, 2.75) is 53.4 Å². The number of carbonyl (C=O) groups excluding carboxylic acids is 2. The van der Waals surface area contributed by atoms with Gasteiger partial charge in [0, 0.05) is 30.1 Å². The lowest BCUT2D eigenvalue weighted by atomic mass is 9.79. The molecule has 0 amide bonds. The van der Waals surface area contributed by atoms with Crippen LogP contribution >= 0.6 is 0 Å². The summed E-state index contributed by atoms with van der Waals surface area (Å²) in [5.74, 6) is -2.04. The minimum absolute atomic E-state index is 0.130. The minimum atomic E-state index is -0.878. The van der Waals surface area contributed by atoms with Crippen molar-refractivity contribution in [1.82, 2.24) is 4.90 Å². The molecule has 0 saturated carbocycles. The lowest BCUT2D eigenvalue weighted by molar-refractivity contribution is -0.384. The maximum absolute atomic E-state index is 13.2. The van der Waals surface area contributed by atoms with Gasteiger partial charge in [0.2, 0.25) is 0 Å². The number of hydrogen-bond donors (Lipinski definition) is 0. The number of hydrogen-bond acceptors (Lipinski definition) is 8. The molecular weight excluding hydrogens is 428 g/mol. The number of benzene rings is 1. The molecule has 0 fully saturated rings. The Labute approximate surface area is 194 Å². The summed E-state index contributed by atoms with van der Waals surface area (Å²) in [7, 11) is 0. The molecule has 1 aliphatic rings. The summed E-state index contributed by atoms with van der Waals surface area (Å²) in [6.45, 7) is 10.1. The molecule has 1 aliphatic heterocycles. The molecule has 9 heteroatoms. The molecule has 0 bridgehead atoms. The number of nitro groups is 1. The highest BCUT2D eigenvalue weighted by atomic mass is 16.6. The van der Waals surface area contributed by atoms with E-state index in [9.17, 15) is 19.7 Å². The van der Waals surface area contributed by atoms with Crippen LogP contribution in [0.5, 0.6) is 0 Å². The Morgan fingerprint density at radius 1 is 1.00 bits per heavy atom. The van der Waals surface area contributed by atoms with Gasteiger partial charge in [-0.3, -0.25) is 10.1 Å². The molecule has 1 heterocycles. The van der Waals surface area contributed by atoms with Gasteiger partial charge in [-0.25, -0.2) is 9.59 Å². The number of nitrogens with zero attached hydrogens (tertiary/aromatic N) is 2. The van der Waals surface area contributed by atoms with Crippen LogP contribution < -0.4 is 0 Å². The lowest BCUT2D eigenvalue weighted by Gasteiger charge is -2.37. The standard InChI is InChI=1S/C24H32N2O7/c1-6-12-32-23(27)20-16(4)25(15-31-8-3)17(5)21(24(28)33-13-7-2)22(20)18-10-9-11-19(14-18)26(29)30/h9-11,14,22H,6-8,12-13,15H2,1-5H3. The molecule has 0 saturated heterocycles. The first kappa shape index (κ1) is 26.1. The zero-order valence-electron chi connectivity index (χ0n) is 19.9. The summed E-state index contributed by atoms with van der Waals surface area (Å²) in [5.41, 5.74) is 1.89. The molecule has 2 rings (SSSR count). The van der Waals surface area contributed by atoms with Crippen molar-refractivity contribution in [2.24, 2.45) is 0 Å². The normalized spacial score (nSPS) is 14.5. The van der Waals surface area contributed by atoms with E-state index < -0.39 is 22.8 Å². The zero-order valence-corrected chi connectivity index (χ0v) is 19.9. The molecule has 0 aliphatic carbocycles. The van der Waals surface area contributed by atoms with E-state index >= 15 is 0 Å². The third kappa shape index (κ3) is 5.98. The monoisotopic (exact) mass is 460 g/mol. The molecule has 0 N–H and O–H groups in total. The number of esters is 2. The fraction of sp³-hybridized carbons (Fsp3) is 0.500. The Bertz CT molecular complexity index is 908. The molecule has 1 aromatic carbocycles. The third-order valence-corrected chi connectivity index (χ3v) is 5.32.